The minimum Gasteiger partial charge on any atom is -0.445 e. The third-order valence-electron chi connectivity index (χ3n) is 8.54. The first-order chi connectivity index (χ1) is 17.6. The van der Waals surface area contributed by atoms with Crippen LogP contribution in [0.1, 0.15) is 50.8 Å². The number of hydrogen-bond donors (Lipinski definition) is 4. The topological polar surface area (TPSA) is 108 Å². The molecule has 37 heavy (non-hydrogen) atoms. The van der Waals surface area contributed by atoms with E-state index in [1.807, 2.05) is 24.4 Å². The number of thiophene rings is 1. The maximum atomic E-state index is 12.9. The molecule has 0 radical (unpaired) electrons. The Kier molecular flexibility index (Phi) is 8.75. The van der Waals surface area contributed by atoms with E-state index in [9.17, 15) is 19.8 Å². The third-order valence-corrected chi connectivity index (χ3v) is 10.2. The summed E-state index contributed by atoms with van der Waals surface area (Å²) in [5, 5.41) is 29.9. The number of benzene rings is 1. The summed E-state index contributed by atoms with van der Waals surface area (Å²) in [5.41, 5.74) is -0.663. The third kappa shape index (κ3) is 5.93. The number of fused-ring (bicyclic) bond motifs is 1. The smallest absolute Gasteiger partial charge is 0.411 e. The lowest BCUT2D eigenvalue weighted by Gasteiger charge is -2.60. The molecule has 2 saturated carbocycles. The highest BCUT2D eigenvalue weighted by atomic mass is 35.5. The Hall–Kier alpha value is -1.84. The van der Waals surface area contributed by atoms with Crippen molar-refractivity contribution in [1.82, 2.24) is 5.32 Å². The minimum atomic E-state index is -0.728. The van der Waals surface area contributed by atoms with E-state index in [1.54, 1.807) is 29.5 Å². The highest BCUT2D eigenvalue weighted by Crippen LogP contribution is 2.61. The van der Waals surface area contributed by atoms with Gasteiger partial charge in [-0.15, -0.1) is 11.3 Å². The maximum Gasteiger partial charge on any atom is 0.411 e. The quantitative estimate of drug-likeness (QED) is 0.334. The molecule has 202 valence electrons. The normalized spacial score (nSPS) is 31.3. The van der Waals surface area contributed by atoms with Gasteiger partial charge < -0.3 is 20.3 Å². The lowest BCUT2D eigenvalue weighted by Crippen LogP contribution is -2.61. The van der Waals surface area contributed by atoms with Gasteiger partial charge in [0.25, 0.3) is 0 Å². The van der Waals surface area contributed by atoms with Crippen LogP contribution in [-0.2, 0) is 16.1 Å². The minimum absolute atomic E-state index is 0.0416. The second-order valence-corrected chi connectivity index (χ2v) is 12.6. The van der Waals surface area contributed by atoms with Gasteiger partial charge in [0.2, 0.25) is 5.91 Å². The van der Waals surface area contributed by atoms with Crippen LogP contribution in [-0.4, -0.2) is 41.0 Å². The first-order valence-electron chi connectivity index (χ1n) is 12.6. The Morgan fingerprint density at radius 3 is 2.62 bits per heavy atom. The summed E-state index contributed by atoms with van der Waals surface area (Å²) < 4.78 is 5.86. The Balaban J connectivity index is 1.45. The molecule has 6 atom stereocenters. The predicted octanol–water partition coefficient (Wildman–Crippen LogP) is 5.86. The molecule has 0 spiro atoms. The molecular weight excluding hydrogens is 535 g/mol. The van der Waals surface area contributed by atoms with Crippen LogP contribution in [0.3, 0.4) is 0 Å². The number of carbonyl (C=O) groups excluding carboxylic acids is 2. The highest BCUT2D eigenvalue weighted by Gasteiger charge is 2.60. The van der Waals surface area contributed by atoms with Crippen molar-refractivity contribution in [2.75, 3.05) is 11.9 Å². The monoisotopic (exact) mass is 568 g/mol. The zero-order valence-corrected chi connectivity index (χ0v) is 23.3. The number of aliphatic hydroxyl groups excluding tert-OH is 2. The van der Waals surface area contributed by atoms with Crippen LogP contribution in [0.4, 0.5) is 10.5 Å². The summed E-state index contributed by atoms with van der Waals surface area (Å²) >= 11 is 13.6. The Morgan fingerprint density at radius 1 is 1.16 bits per heavy atom. The van der Waals surface area contributed by atoms with Gasteiger partial charge in [-0.3, -0.25) is 10.1 Å². The van der Waals surface area contributed by atoms with Crippen molar-refractivity contribution in [2.45, 2.75) is 64.7 Å². The van der Waals surface area contributed by atoms with E-state index in [-0.39, 0.29) is 30.8 Å². The van der Waals surface area contributed by atoms with Gasteiger partial charge in [-0.1, -0.05) is 43.1 Å². The van der Waals surface area contributed by atoms with Crippen molar-refractivity contribution in [3.05, 3.63) is 50.6 Å². The van der Waals surface area contributed by atoms with Crippen molar-refractivity contribution in [2.24, 2.45) is 22.7 Å². The number of carbonyl (C=O) groups is 2. The van der Waals surface area contributed by atoms with E-state index < -0.39 is 29.1 Å². The molecule has 0 aliphatic heterocycles. The molecule has 1 aromatic carbocycles. The summed E-state index contributed by atoms with van der Waals surface area (Å²) in [4.78, 5) is 26.7. The molecule has 1 aromatic heterocycles. The second kappa shape index (κ2) is 11.5. The molecule has 2 aliphatic carbocycles. The van der Waals surface area contributed by atoms with Crippen LogP contribution in [0.15, 0.2) is 35.7 Å². The number of nitrogens with one attached hydrogen (secondary N) is 2. The summed E-state index contributed by atoms with van der Waals surface area (Å²) in [6, 6.07) is 8.70. The van der Waals surface area contributed by atoms with E-state index in [2.05, 4.69) is 17.6 Å². The number of rotatable bonds is 7. The molecule has 0 saturated heterocycles. The van der Waals surface area contributed by atoms with Gasteiger partial charge in [-0.2, -0.15) is 0 Å². The number of amides is 2. The van der Waals surface area contributed by atoms with E-state index in [1.165, 1.54) is 0 Å². The van der Waals surface area contributed by atoms with Gasteiger partial charge in [-0.05, 0) is 72.6 Å². The average Bonchev–Trinajstić information content (AvgIpc) is 3.38. The molecule has 2 fully saturated rings. The second-order valence-electron chi connectivity index (χ2n) is 10.7. The summed E-state index contributed by atoms with van der Waals surface area (Å²) in [7, 11) is 0. The van der Waals surface area contributed by atoms with Crippen molar-refractivity contribution >= 4 is 52.2 Å². The molecule has 10 heteroatoms. The van der Waals surface area contributed by atoms with Crippen molar-refractivity contribution < 1.29 is 24.5 Å². The molecule has 2 aromatic rings. The molecule has 0 bridgehead atoms. The number of halogens is 2. The first-order valence-corrected chi connectivity index (χ1v) is 14.2. The molecule has 4 rings (SSSR count). The molecule has 2 amide bonds. The van der Waals surface area contributed by atoms with Crippen LogP contribution in [0.2, 0.25) is 10.0 Å². The van der Waals surface area contributed by atoms with Gasteiger partial charge in [0.15, 0.2) is 0 Å². The summed E-state index contributed by atoms with van der Waals surface area (Å²) in [5.74, 6) is -0.393. The van der Waals surface area contributed by atoms with Crippen LogP contribution in [0, 0.1) is 22.7 Å². The number of ether oxygens (including phenoxy) is 1. The first kappa shape index (κ1) is 28.2. The zero-order valence-electron chi connectivity index (χ0n) is 21.0. The van der Waals surface area contributed by atoms with Crippen LogP contribution >= 0.6 is 34.5 Å². The van der Waals surface area contributed by atoms with Crippen LogP contribution < -0.4 is 10.6 Å². The number of anilines is 1. The Bertz CT molecular complexity index is 1120. The van der Waals surface area contributed by atoms with E-state index in [0.717, 1.165) is 4.88 Å². The molecule has 1 heterocycles. The average molecular weight is 570 g/mol. The summed E-state index contributed by atoms with van der Waals surface area (Å²) in [6.45, 7) is 4.35. The van der Waals surface area contributed by atoms with Gasteiger partial charge in [0.05, 0.1) is 29.3 Å². The maximum absolute atomic E-state index is 12.9. The highest BCUT2D eigenvalue weighted by molar-refractivity contribution is 7.09. The van der Waals surface area contributed by atoms with Crippen LogP contribution in [0.25, 0.3) is 0 Å². The summed E-state index contributed by atoms with van der Waals surface area (Å²) in [6.07, 6.45) is 0.833. The van der Waals surface area contributed by atoms with E-state index in [4.69, 9.17) is 27.9 Å². The molecule has 7 nitrogen and oxygen atoms in total. The SMILES string of the molecule is C[C@]1(CO)C2CC[C@@H](O)[C@@H](CC(=O)NCc3cccs3)[C@]2(C)CC[C@H]1OC(=O)Nc1ccc(Cl)c(Cl)c1. The largest absolute Gasteiger partial charge is 0.445 e. The lowest BCUT2D eigenvalue weighted by atomic mass is 9.46. The van der Waals surface area contributed by atoms with E-state index >= 15 is 0 Å². The van der Waals surface area contributed by atoms with Crippen molar-refractivity contribution in [3.8, 4) is 0 Å². The Morgan fingerprint density at radius 2 is 1.95 bits per heavy atom. The number of hydrogen-bond acceptors (Lipinski definition) is 6. The standard InChI is InChI=1S/C27H34Cl2N2O5S/c1-26-10-9-23(36-25(35)31-16-5-6-19(28)20(29)12-16)27(2,15-32)22(26)8-7-21(33)18(26)13-24(34)30-14-17-4-3-11-37-17/h3-6,11-12,18,21-23,32-33H,7-10,13-15H2,1-2H3,(H,30,34)(H,31,35)/t18-,21-,22?,23-,26+,27+/m1/s1. The molecule has 2 aliphatic rings. The van der Waals surface area contributed by atoms with E-state index in [0.29, 0.717) is 48.0 Å². The lowest BCUT2D eigenvalue weighted by molar-refractivity contribution is -0.185. The molecular formula is C27H34Cl2N2O5S. The molecule has 4 N–H and O–H groups in total. The van der Waals surface area contributed by atoms with Gasteiger partial charge in [0, 0.05) is 22.4 Å². The predicted molar refractivity (Wildman–Crippen MR) is 146 cm³/mol. The fourth-order valence-electron chi connectivity index (χ4n) is 6.50. The van der Waals surface area contributed by atoms with Gasteiger partial charge in [-0.25, -0.2) is 4.79 Å². The molecule has 1 unspecified atom stereocenters. The Labute approximate surface area is 231 Å². The number of aliphatic hydroxyl groups is 2. The fraction of sp³-hybridized carbons (Fsp3) is 0.556. The van der Waals surface area contributed by atoms with Crippen LogP contribution in [0.5, 0.6) is 0 Å². The van der Waals surface area contributed by atoms with Crippen molar-refractivity contribution in [1.29, 1.82) is 0 Å². The fourth-order valence-corrected chi connectivity index (χ4v) is 7.44. The van der Waals surface area contributed by atoms with Crippen molar-refractivity contribution in [3.63, 3.8) is 0 Å². The zero-order chi connectivity index (χ0) is 26.8. The van der Waals surface area contributed by atoms with Gasteiger partial charge >= 0.3 is 6.09 Å². The van der Waals surface area contributed by atoms with Gasteiger partial charge in [0.1, 0.15) is 6.10 Å².